The fraction of sp³-hybridized carbons (Fsp3) is 0.300. The Morgan fingerprint density at radius 2 is 2.31 bits per heavy atom. The van der Waals surface area contributed by atoms with Gasteiger partial charge in [0.1, 0.15) is 0 Å². The number of halogens is 1. The molecule has 0 bridgehead atoms. The SMILES string of the molecule is O=C1CC(c2cccc(Br)c2)CN1. The number of hydrogen-bond donors (Lipinski definition) is 1. The van der Waals surface area contributed by atoms with E-state index in [1.54, 1.807) is 0 Å². The molecule has 1 aromatic rings. The Hall–Kier alpha value is -0.830. The molecule has 1 unspecified atom stereocenters. The number of benzene rings is 1. The standard InChI is InChI=1S/C10H10BrNO/c11-9-3-1-2-7(4-9)8-5-10(13)12-6-8/h1-4,8H,5-6H2,(H,12,13). The van der Waals surface area contributed by atoms with E-state index in [2.05, 4.69) is 33.4 Å². The van der Waals surface area contributed by atoms with E-state index in [1.807, 2.05) is 12.1 Å². The van der Waals surface area contributed by atoms with Gasteiger partial charge in [-0.1, -0.05) is 28.1 Å². The molecule has 68 valence electrons. The van der Waals surface area contributed by atoms with Gasteiger partial charge in [-0.25, -0.2) is 0 Å². The lowest BCUT2D eigenvalue weighted by Gasteiger charge is -2.06. The first kappa shape index (κ1) is 8.75. The zero-order chi connectivity index (χ0) is 9.26. The van der Waals surface area contributed by atoms with Crippen LogP contribution in [0.25, 0.3) is 0 Å². The Morgan fingerprint density at radius 1 is 1.46 bits per heavy atom. The van der Waals surface area contributed by atoms with Crippen molar-refractivity contribution in [2.45, 2.75) is 12.3 Å². The van der Waals surface area contributed by atoms with E-state index in [-0.39, 0.29) is 5.91 Å². The predicted molar refractivity (Wildman–Crippen MR) is 54.5 cm³/mol. The fourth-order valence-corrected chi connectivity index (χ4v) is 2.02. The highest BCUT2D eigenvalue weighted by atomic mass is 79.9. The number of carbonyl (C=O) groups is 1. The van der Waals surface area contributed by atoms with Crippen LogP contribution in [0.5, 0.6) is 0 Å². The van der Waals surface area contributed by atoms with Crippen molar-refractivity contribution < 1.29 is 4.79 Å². The molecule has 1 aliphatic rings. The second-order valence-electron chi connectivity index (χ2n) is 3.26. The molecule has 0 spiro atoms. The average Bonchev–Trinajstić information content (AvgIpc) is 2.52. The molecule has 0 aliphatic carbocycles. The molecule has 1 heterocycles. The molecule has 2 nitrogen and oxygen atoms in total. The van der Waals surface area contributed by atoms with E-state index in [0.717, 1.165) is 11.0 Å². The van der Waals surface area contributed by atoms with Crippen LogP contribution < -0.4 is 5.32 Å². The minimum absolute atomic E-state index is 0.157. The molecule has 0 aromatic heterocycles. The summed E-state index contributed by atoms with van der Waals surface area (Å²) in [4.78, 5) is 11.0. The van der Waals surface area contributed by atoms with Crippen molar-refractivity contribution in [3.8, 4) is 0 Å². The summed E-state index contributed by atoms with van der Waals surface area (Å²) in [5.74, 6) is 0.509. The van der Waals surface area contributed by atoms with Crippen molar-refractivity contribution in [3.63, 3.8) is 0 Å². The van der Waals surface area contributed by atoms with Crippen molar-refractivity contribution in [1.29, 1.82) is 0 Å². The third-order valence-electron chi connectivity index (χ3n) is 2.30. The van der Waals surface area contributed by atoms with Crippen LogP contribution in [0.15, 0.2) is 28.7 Å². The normalized spacial score (nSPS) is 21.6. The highest BCUT2D eigenvalue weighted by Gasteiger charge is 2.22. The summed E-state index contributed by atoms with van der Waals surface area (Å²) in [7, 11) is 0. The smallest absolute Gasteiger partial charge is 0.220 e. The summed E-state index contributed by atoms with van der Waals surface area (Å²) in [6.45, 7) is 0.773. The molecular weight excluding hydrogens is 230 g/mol. The molecule has 1 N–H and O–H groups in total. The van der Waals surface area contributed by atoms with Crippen LogP contribution in [0.3, 0.4) is 0 Å². The maximum atomic E-state index is 11.0. The molecule has 1 atom stereocenters. The Balaban J connectivity index is 2.21. The molecule has 1 aliphatic heterocycles. The number of amides is 1. The zero-order valence-electron chi connectivity index (χ0n) is 7.09. The first-order valence-corrected chi connectivity index (χ1v) is 5.07. The third-order valence-corrected chi connectivity index (χ3v) is 2.79. The minimum Gasteiger partial charge on any atom is -0.355 e. The van der Waals surface area contributed by atoms with E-state index in [1.165, 1.54) is 5.56 Å². The Kier molecular flexibility index (Phi) is 2.36. The molecule has 1 amide bonds. The summed E-state index contributed by atoms with van der Waals surface area (Å²) in [5.41, 5.74) is 1.23. The Labute approximate surface area is 85.5 Å². The third kappa shape index (κ3) is 1.91. The fourth-order valence-electron chi connectivity index (χ4n) is 1.60. The highest BCUT2D eigenvalue weighted by molar-refractivity contribution is 9.10. The lowest BCUT2D eigenvalue weighted by atomic mass is 9.99. The summed E-state index contributed by atoms with van der Waals surface area (Å²) in [6.07, 6.45) is 0.621. The van der Waals surface area contributed by atoms with Crippen LogP contribution in [0.2, 0.25) is 0 Å². The average molecular weight is 240 g/mol. The van der Waals surface area contributed by atoms with Gasteiger partial charge in [0.15, 0.2) is 0 Å². The second-order valence-corrected chi connectivity index (χ2v) is 4.18. The van der Waals surface area contributed by atoms with Gasteiger partial charge in [-0.2, -0.15) is 0 Å². The number of rotatable bonds is 1. The topological polar surface area (TPSA) is 29.1 Å². The highest BCUT2D eigenvalue weighted by Crippen LogP contribution is 2.25. The van der Waals surface area contributed by atoms with E-state index >= 15 is 0 Å². The van der Waals surface area contributed by atoms with Crippen molar-refractivity contribution in [2.24, 2.45) is 0 Å². The summed E-state index contributed by atoms with van der Waals surface area (Å²) in [6, 6.07) is 8.14. The molecular formula is C10H10BrNO. The van der Waals surface area contributed by atoms with Gasteiger partial charge in [0.2, 0.25) is 5.91 Å². The van der Waals surface area contributed by atoms with Crippen molar-refractivity contribution in [3.05, 3.63) is 34.3 Å². The summed E-state index contributed by atoms with van der Waals surface area (Å²) >= 11 is 3.42. The number of hydrogen-bond acceptors (Lipinski definition) is 1. The van der Waals surface area contributed by atoms with Gasteiger partial charge in [0.25, 0.3) is 0 Å². The monoisotopic (exact) mass is 239 g/mol. The van der Waals surface area contributed by atoms with Gasteiger partial charge >= 0.3 is 0 Å². The van der Waals surface area contributed by atoms with Gasteiger partial charge in [0, 0.05) is 23.4 Å². The van der Waals surface area contributed by atoms with Crippen molar-refractivity contribution in [2.75, 3.05) is 6.54 Å². The minimum atomic E-state index is 0.157. The summed E-state index contributed by atoms with van der Waals surface area (Å²) in [5, 5.41) is 2.83. The first-order valence-electron chi connectivity index (χ1n) is 4.28. The molecule has 1 saturated heterocycles. The zero-order valence-corrected chi connectivity index (χ0v) is 8.67. The largest absolute Gasteiger partial charge is 0.355 e. The van der Waals surface area contributed by atoms with Gasteiger partial charge < -0.3 is 5.32 Å². The van der Waals surface area contributed by atoms with Gasteiger partial charge in [-0.05, 0) is 17.7 Å². The predicted octanol–water partition coefficient (Wildman–Crippen LogP) is 2.05. The molecule has 13 heavy (non-hydrogen) atoms. The van der Waals surface area contributed by atoms with Gasteiger partial charge in [0.05, 0.1) is 0 Å². The molecule has 1 fully saturated rings. The van der Waals surface area contributed by atoms with E-state index in [0.29, 0.717) is 12.3 Å². The molecule has 2 rings (SSSR count). The molecule has 0 radical (unpaired) electrons. The Morgan fingerprint density at radius 3 is 2.92 bits per heavy atom. The molecule has 3 heteroatoms. The maximum absolute atomic E-state index is 11.0. The van der Waals surface area contributed by atoms with Gasteiger partial charge in [-0.3, -0.25) is 4.79 Å². The van der Waals surface area contributed by atoms with Crippen LogP contribution in [-0.2, 0) is 4.79 Å². The second kappa shape index (κ2) is 3.50. The molecule has 0 saturated carbocycles. The maximum Gasteiger partial charge on any atom is 0.220 e. The first-order chi connectivity index (χ1) is 6.25. The quantitative estimate of drug-likeness (QED) is 0.799. The van der Waals surface area contributed by atoms with Crippen LogP contribution in [-0.4, -0.2) is 12.5 Å². The number of nitrogens with one attached hydrogen (secondary N) is 1. The number of carbonyl (C=O) groups excluding carboxylic acids is 1. The summed E-state index contributed by atoms with van der Waals surface area (Å²) < 4.78 is 1.07. The van der Waals surface area contributed by atoms with Crippen LogP contribution in [0.4, 0.5) is 0 Å². The van der Waals surface area contributed by atoms with E-state index < -0.39 is 0 Å². The van der Waals surface area contributed by atoms with Crippen LogP contribution >= 0.6 is 15.9 Å². The molecule has 1 aromatic carbocycles. The van der Waals surface area contributed by atoms with Crippen molar-refractivity contribution >= 4 is 21.8 Å². The van der Waals surface area contributed by atoms with Gasteiger partial charge in [-0.15, -0.1) is 0 Å². The van der Waals surface area contributed by atoms with Crippen LogP contribution in [0.1, 0.15) is 17.9 Å². The van der Waals surface area contributed by atoms with Crippen molar-refractivity contribution in [1.82, 2.24) is 5.32 Å². The lowest BCUT2D eigenvalue weighted by molar-refractivity contribution is -0.119. The lowest BCUT2D eigenvalue weighted by Crippen LogP contribution is -2.13. The Bertz CT molecular complexity index is 337. The van der Waals surface area contributed by atoms with E-state index in [4.69, 9.17) is 0 Å². The van der Waals surface area contributed by atoms with E-state index in [9.17, 15) is 4.79 Å². The van der Waals surface area contributed by atoms with Crippen LogP contribution in [0, 0.1) is 0 Å².